The van der Waals surface area contributed by atoms with Crippen molar-refractivity contribution < 1.29 is 0 Å². The Labute approximate surface area is 332 Å². The summed E-state index contributed by atoms with van der Waals surface area (Å²) in [5.41, 5.74) is 17.0. The topological polar surface area (TPSA) is 34.2 Å². The summed E-state index contributed by atoms with van der Waals surface area (Å²) in [6, 6.07) is 63.6. The van der Waals surface area contributed by atoms with Crippen LogP contribution in [0.1, 0.15) is 47.9 Å². The molecule has 11 rings (SSSR count). The first-order valence-corrected chi connectivity index (χ1v) is 19.9. The highest BCUT2D eigenvalue weighted by Gasteiger charge is 2.29. The van der Waals surface area contributed by atoms with Crippen molar-refractivity contribution in [1.29, 1.82) is 0 Å². The predicted molar refractivity (Wildman–Crippen MR) is 240 cm³/mol. The number of para-hydroxylation sites is 3. The van der Waals surface area contributed by atoms with Crippen LogP contribution in [0.2, 0.25) is 0 Å². The number of aliphatic imine (C=N–C) groups is 1. The molecule has 7 aromatic carbocycles. The van der Waals surface area contributed by atoms with Gasteiger partial charge in [0, 0.05) is 39.5 Å². The average Bonchev–Trinajstić information content (AvgIpc) is 3.80. The lowest BCUT2D eigenvalue weighted by Crippen LogP contribution is -2.27. The maximum Gasteiger partial charge on any atom is 0.200 e. The third kappa shape index (κ3) is 5.64. The molecule has 2 aromatic heterocycles. The van der Waals surface area contributed by atoms with Gasteiger partial charge in [0.15, 0.2) is 0 Å². The Bertz CT molecular complexity index is 3090. The lowest BCUT2D eigenvalue weighted by molar-refractivity contribution is 0.492. The third-order valence-corrected chi connectivity index (χ3v) is 11.9. The van der Waals surface area contributed by atoms with Gasteiger partial charge in [-0.15, -0.1) is 0 Å². The van der Waals surface area contributed by atoms with Crippen molar-refractivity contribution in [1.82, 2.24) is 14.5 Å². The molecule has 4 nitrogen and oxygen atoms in total. The molecule has 57 heavy (non-hydrogen) atoms. The number of hydrogen-bond acceptors (Lipinski definition) is 2. The molecule has 0 radical (unpaired) electrons. The van der Waals surface area contributed by atoms with E-state index < -0.39 is 0 Å². The fourth-order valence-electron chi connectivity index (χ4n) is 9.23. The first-order valence-electron chi connectivity index (χ1n) is 19.9. The van der Waals surface area contributed by atoms with Gasteiger partial charge >= 0.3 is 0 Å². The summed E-state index contributed by atoms with van der Waals surface area (Å²) >= 11 is 0. The number of hydrogen-bond donors (Lipinski definition) is 1. The van der Waals surface area contributed by atoms with Crippen molar-refractivity contribution in [2.75, 3.05) is 0 Å². The molecule has 0 amide bonds. The van der Waals surface area contributed by atoms with E-state index in [0.29, 0.717) is 5.92 Å². The molecule has 2 unspecified atom stereocenters. The van der Waals surface area contributed by atoms with Gasteiger partial charge in [0.05, 0.1) is 16.6 Å². The number of rotatable bonds is 6. The quantitative estimate of drug-likeness (QED) is 0.181. The third-order valence-electron chi connectivity index (χ3n) is 11.9. The van der Waals surface area contributed by atoms with Crippen molar-refractivity contribution >= 4 is 56.3 Å². The van der Waals surface area contributed by atoms with Gasteiger partial charge in [0.1, 0.15) is 0 Å². The highest BCUT2D eigenvalue weighted by Crippen LogP contribution is 2.45. The molecule has 1 aliphatic carbocycles. The molecule has 0 saturated carbocycles. The lowest BCUT2D eigenvalue weighted by Gasteiger charge is -2.27. The van der Waals surface area contributed by atoms with Gasteiger partial charge in [-0.2, -0.15) is 0 Å². The van der Waals surface area contributed by atoms with Crippen LogP contribution >= 0.6 is 0 Å². The SMILES string of the molecule is CC1CC(c2cccc(-c3ccc4c5ccccc5n(-c5ccccc5)c4c3)c2)=Cc2c1c1ccccc1n2C1N=CC=C(c2cccc(-c3ccccc3)c2)N1. The van der Waals surface area contributed by atoms with Crippen LogP contribution in [0.25, 0.3) is 78.0 Å². The van der Waals surface area contributed by atoms with Crippen LogP contribution in [0.15, 0.2) is 187 Å². The highest BCUT2D eigenvalue weighted by atomic mass is 15.3. The molecule has 1 aliphatic heterocycles. The molecule has 272 valence electrons. The van der Waals surface area contributed by atoms with E-state index in [1.165, 1.54) is 83.0 Å². The van der Waals surface area contributed by atoms with Gasteiger partial charge in [-0.1, -0.05) is 140 Å². The van der Waals surface area contributed by atoms with Crippen molar-refractivity contribution in [3.05, 3.63) is 204 Å². The maximum absolute atomic E-state index is 5.05. The Hall–Kier alpha value is -7.17. The molecule has 2 atom stereocenters. The second-order valence-electron chi connectivity index (χ2n) is 15.3. The van der Waals surface area contributed by atoms with Gasteiger partial charge in [-0.05, 0) is 111 Å². The summed E-state index contributed by atoms with van der Waals surface area (Å²) in [6.45, 7) is 2.38. The molecule has 0 bridgehead atoms. The van der Waals surface area contributed by atoms with E-state index in [4.69, 9.17) is 4.99 Å². The molecule has 4 heteroatoms. The van der Waals surface area contributed by atoms with Crippen molar-refractivity contribution in [3.63, 3.8) is 0 Å². The van der Waals surface area contributed by atoms with Gasteiger partial charge in [0.2, 0.25) is 6.29 Å². The van der Waals surface area contributed by atoms with E-state index in [0.717, 1.165) is 17.7 Å². The van der Waals surface area contributed by atoms with E-state index in [2.05, 4.69) is 209 Å². The molecule has 9 aromatic rings. The first-order chi connectivity index (χ1) is 28.2. The minimum Gasteiger partial charge on any atom is -0.346 e. The largest absolute Gasteiger partial charge is 0.346 e. The zero-order valence-electron chi connectivity index (χ0n) is 31.7. The van der Waals surface area contributed by atoms with Gasteiger partial charge in [-0.25, -0.2) is 4.99 Å². The smallest absolute Gasteiger partial charge is 0.200 e. The van der Waals surface area contributed by atoms with Crippen LogP contribution in [0.5, 0.6) is 0 Å². The minimum atomic E-state index is -0.295. The van der Waals surface area contributed by atoms with Crippen molar-refractivity contribution in [2.24, 2.45) is 4.99 Å². The predicted octanol–water partition coefficient (Wildman–Crippen LogP) is 13.3. The molecule has 1 N–H and O–H groups in total. The molecular weight excluding hydrogens is 693 g/mol. The van der Waals surface area contributed by atoms with Crippen LogP contribution in [0, 0.1) is 0 Å². The molecule has 0 spiro atoms. The lowest BCUT2D eigenvalue weighted by atomic mass is 9.83. The van der Waals surface area contributed by atoms with Crippen LogP contribution < -0.4 is 5.32 Å². The number of benzene rings is 7. The summed E-state index contributed by atoms with van der Waals surface area (Å²) < 4.78 is 4.80. The number of nitrogens with zero attached hydrogens (tertiary/aromatic N) is 3. The first kappa shape index (κ1) is 33.2. The minimum absolute atomic E-state index is 0.295. The monoisotopic (exact) mass is 732 g/mol. The summed E-state index contributed by atoms with van der Waals surface area (Å²) in [5.74, 6) is 0.331. The zero-order chi connectivity index (χ0) is 37.9. The van der Waals surface area contributed by atoms with Crippen molar-refractivity contribution in [3.8, 4) is 27.9 Å². The van der Waals surface area contributed by atoms with E-state index in [9.17, 15) is 0 Å². The fourth-order valence-corrected chi connectivity index (χ4v) is 9.23. The van der Waals surface area contributed by atoms with Gasteiger partial charge in [-0.3, -0.25) is 0 Å². The Morgan fingerprint density at radius 1 is 0.526 bits per heavy atom. The van der Waals surface area contributed by atoms with Crippen LogP contribution in [-0.4, -0.2) is 15.3 Å². The van der Waals surface area contributed by atoms with Gasteiger partial charge in [0.25, 0.3) is 0 Å². The zero-order valence-corrected chi connectivity index (χ0v) is 31.7. The molecule has 0 fully saturated rings. The van der Waals surface area contributed by atoms with E-state index in [1.54, 1.807) is 0 Å². The molecule has 3 heterocycles. The van der Waals surface area contributed by atoms with Crippen LogP contribution in [0.4, 0.5) is 0 Å². The molecular formula is C53H40N4. The fraction of sp³-hybridized carbons (Fsp3) is 0.0755. The average molecular weight is 733 g/mol. The number of nitrogens with one attached hydrogen (secondary N) is 1. The summed E-state index contributed by atoms with van der Waals surface area (Å²) in [5, 5.41) is 7.66. The van der Waals surface area contributed by atoms with E-state index in [-0.39, 0.29) is 6.29 Å². The second kappa shape index (κ2) is 13.5. The summed E-state index contributed by atoms with van der Waals surface area (Å²) in [6.07, 6.45) is 7.14. The van der Waals surface area contributed by atoms with Crippen molar-refractivity contribution in [2.45, 2.75) is 25.6 Å². The Morgan fingerprint density at radius 2 is 1.14 bits per heavy atom. The number of allylic oxidation sites excluding steroid dienone is 2. The van der Waals surface area contributed by atoms with E-state index >= 15 is 0 Å². The normalized spacial score (nSPS) is 16.4. The summed E-state index contributed by atoms with van der Waals surface area (Å²) in [4.78, 5) is 5.05. The highest BCUT2D eigenvalue weighted by molar-refractivity contribution is 6.10. The van der Waals surface area contributed by atoms with Crippen LogP contribution in [-0.2, 0) is 0 Å². The Kier molecular flexibility index (Phi) is 7.88. The summed E-state index contributed by atoms with van der Waals surface area (Å²) in [7, 11) is 0. The Morgan fingerprint density at radius 3 is 1.96 bits per heavy atom. The maximum atomic E-state index is 5.05. The molecule has 2 aliphatic rings. The van der Waals surface area contributed by atoms with Crippen LogP contribution in [0.3, 0.4) is 0 Å². The number of aromatic nitrogens is 2. The number of fused-ring (bicyclic) bond motifs is 6. The Balaban J connectivity index is 0.983. The van der Waals surface area contributed by atoms with Gasteiger partial charge < -0.3 is 14.5 Å². The standard InChI is InChI=1S/C53H40N4/c1-35-30-42(39-18-12-17-38(31-39)40-26-27-45-44-22-8-10-24-48(44)56(50(45)33-40)43-20-6-3-7-21-43)34-51-52(35)46-23-9-11-25-49(46)57(51)53-54-29-28-47(55-53)41-19-13-16-37(32-41)36-14-4-2-5-15-36/h2-29,31-35,53,55H,30H2,1H3. The van der Waals surface area contributed by atoms with E-state index in [1.807, 2.05) is 6.21 Å². The second-order valence-corrected chi connectivity index (χ2v) is 15.3. The molecule has 0 saturated heterocycles.